The Labute approximate surface area is 94.7 Å². The van der Waals surface area contributed by atoms with Crippen LogP contribution in [0, 0.1) is 0 Å². The van der Waals surface area contributed by atoms with Crippen LogP contribution in [0.3, 0.4) is 0 Å². The van der Waals surface area contributed by atoms with Crippen molar-refractivity contribution < 1.29 is 9.90 Å². The molecule has 0 spiro atoms. The van der Waals surface area contributed by atoms with Gasteiger partial charge in [-0.05, 0) is 18.9 Å². The number of hydrogen-bond acceptors (Lipinski definition) is 4. The molecule has 0 aliphatic rings. The summed E-state index contributed by atoms with van der Waals surface area (Å²) >= 11 is 0. The Balaban J connectivity index is 2.98. The molecule has 4 N–H and O–H groups in total. The zero-order chi connectivity index (χ0) is 12.1. The Kier molecular flexibility index (Phi) is 4.10. The molecule has 1 heterocycles. The largest absolute Gasteiger partial charge is 0.478 e. The van der Waals surface area contributed by atoms with Gasteiger partial charge in [0.2, 0.25) is 0 Å². The van der Waals surface area contributed by atoms with Crippen molar-refractivity contribution in [2.75, 3.05) is 11.1 Å². The molecular formula is C11H17N3O2. The highest BCUT2D eigenvalue weighted by Gasteiger charge is 2.14. The van der Waals surface area contributed by atoms with Crippen molar-refractivity contribution >= 4 is 17.5 Å². The molecule has 0 aromatic carbocycles. The van der Waals surface area contributed by atoms with Crippen molar-refractivity contribution in [3.8, 4) is 0 Å². The number of pyridine rings is 1. The number of nitrogens with zero attached hydrogens (tertiary/aromatic N) is 1. The molecular weight excluding hydrogens is 206 g/mol. The molecule has 0 saturated carbocycles. The maximum Gasteiger partial charge on any atom is 0.339 e. The van der Waals surface area contributed by atoms with Crippen LogP contribution in [0.5, 0.6) is 0 Å². The van der Waals surface area contributed by atoms with E-state index >= 15 is 0 Å². The van der Waals surface area contributed by atoms with Crippen molar-refractivity contribution in [2.45, 2.75) is 32.7 Å². The van der Waals surface area contributed by atoms with Gasteiger partial charge in [-0.25, -0.2) is 9.78 Å². The number of rotatable bonds is 5. The molecule has 1 aromatic rings. The lowest BCUT2D eigenvalue weighted by Gasteiger charge is -2.16. The van der Waals surface area contributed by atoms with Crippen LogP contribution in [0.1, 0.15) is 37.0 Å². The molecule has 0 radical (unpaired) electrons. The number of aromatic carboxylic acids is 1. The molecule has 5 nitrogen and oxygen atoms in total. The molecule has 0 amide bonds. The third-order valence-electron chi connectivity index (χ3n) is 2.47. The smallest absolute Gasteiger partial charge is 0.339 e. The average Bonchev–Trinajstić information content (AvgIpc) is 2.27. The summed E-state index contributed by atoms with van der Waals surface area (Å²) in [6.07, 6.45) is 3.29. The lowest BCUT2D eigenvalue weighted by atomic mass is 10.1. The molecule has 0 unspecified atom stereocenters. The van der Waals surface area contributed by atoms with E-state index < -0.39 is 5.97 Å². The van der Waals surface area contributed by atoms with Crippen LogP contribution in [-0.2, 0) is 0 Å². The van der Waals surface area contributed by atoms with Gasteiger partial charge in [0.15, 0.2) is 0 Å². The van der Waals surface area contributed by atoms with Gasteiger partial charge in [0.05, 0.1) is 11.9 Å². The van der Waals surface area contributed by atoms with Crippen molar-refractivity contribution in [3.05, 3.63) is 17.8 Å². The molecule has 16 heavy (non-hydrogen) atoms. The van der Waals surface area contributed by atoms with Crippen LogP contribution in [0.15, 0.2) is 12.3 Å². The van der Waals surface area contributed by atoms with E-state index in [1.807, 2.05) is 13.8 Å². The lowest BCUT2D eigenvalue weighted by molar-refractivity contribution is 0.0697. The number of carboxylic acid groups (broad SMARTS) is 1. The first-order valence-electron chi connectivity index (χ1n) is 5.33. The molecule has 0 saturated heterocycles. The maximum atomic E-state index is 11.0. The SMILES string of the molecule is CCC(CC)Nc1ncc(N)cc1C(=O)O. The molecule has 0 atom stereocenters. The first-order chi connectivity index (χ1) is 7.58. The fourth-order valence-electron chi connectivity index (χ4n) is 1.45. The molecule has 1 aromatic heterocycles. The first-order valence-corrected chi connectivity index (χ1v) is 5.33. The second-order valence-corrected chi connectivity index (χ2v) is 3.63. The first kappa shape index (κ1) is 12.3. The molecule has 0 aliphatic heterocycles. The Bertz CT molecular complexity index is 375. The third-order valence-corrected chi connectivity index (χ3v) is 2.47. The van der Waals surface area contributed by atoms with Gasteiger partial charge in [0.25, 0.3) is 0 Å². The van der Waals surface area contributed by atoms with Gasteiger partial charge in [-0.15, -0.1) is 0 Å². The maximum absolute atomic E-state index is 11.0. The number of nitrogens with one attached hydrogen (secondary N) is 1. The summed E-state index contributed by atoms with van der Waals surface area (Å²) in [6.45, 7) is 4.08. The molecule has 0 bridgehead atoms. The van der Waals surface area contributed by atoms with Gasteiger partial charge < -0.3 is 16.2 Å². The van der Waals surface area contributed by atoms with Crippen molar-refractivity contribution in [2.24, 2.45) is 0 Å². The lowest BCUT2D eigenvalue weighted by Crippen LogP contribution is -2.20. The summed E-state index contributed by atoms with van der Waals surface area (Å²) in [6, 6.07) is 1.65. The highest BCUT2D eigenvalue weighted by atomic mass is 16.4. The van der Waals surface area contributed by atoms with E-state index in [2.05, 4.69) is 10.3 Å². The Morgan fingerprint density at radius 1 is 1.56 bits per heavy atom. The van der Waals surface area contributed by atoms with Gasteiger partial charge >= 0.3 is 5.97 Å². The Morgan fingerprint density at radius 3 is 2.69 bits per heavy atom. The Morgan fingerprint density at radius 2 is 2.19 bits per heavy atom. The highest BCUT2D eigenvalue weighted by Crippen LogP contribution is 2.17. The Hall–Kier alpha value is -1.78. The van der Waals surface area contributed by atoms with Crippen molar-refractivity contribution in [1.29, 1.82) is 0 Å². The van der Waals surface area contributed by atoms with Crippen LogP contribution < -0.4 is 11.1 Å². The minimum Gasteiger partial charge on any atom is -0.478 e. The van der Waals surface area contributed by atoms with Gasteiger partial charge in [0, 0.05) is 6.04 Å². The predicted molar refractivity (Wildman–Crippen MR) is 63.6 cm³/mol. The van der Waals surface area contributed by atoms with E-state index in [1.165, 1.54) is 12.3 Å². The minimum absolute atomic E-state index is 0.118. The molecule has 5 heteroatoms. The summed E-state index contributed by atoms with van der Waals surface area (Å²) in [7, 11) is 0. The number of aromatic nitrogens is 1. The van der Waals surface area contributed by atoms with Crippen LogP contribution in [0.4, 0.5) is 11.5 Å². The number of nitrogens with two attached hydrogens (primary N) is 1. The molecule has 1 rings (SSSR count). The van der Waals surface area contributed by atoms with Gasteiger partial charge in [-0.3, -0.25) is 0 Å². The monoisotopic (exact) mass is 223 g/mol. The van der Waals surface area contributed by atoms with Crippen LogP contribution in [-0.4, -0.2) is 22.1 Å². The average molecular weight is 223 g/mol. The number of hydrogen-bond donors (Lipinski definition) is 3. The summed E-state index contributed by atoms with van der Waals surface area (Å²) < 4.78 is 0. The van der Waals surface area contributed by atoms with E-state index in [1.54, 1.807) is 0 Å². The van der Waals surface area contributed by atoms with E-state index in [0.717, 1.165) is 12.8 Å². The molecule has 88 valence electrons. The van der Waals surface area contributed by atoms with Gasteiger partial charge in [-0.1, -0.05) is 13.8 Å². The van der Waals surface area contributed by atoms with Gasteiger partial charge in [0.1, 0.15) is 11.4 Å². The van der Waals surface area contributed by atoms with Gasteiger partial charge in [-0.2, -0.15) is 0 Å². The molecule has 0 aliphatic carbocycles. The van der Waals surface area contributed by atoms with E-state index in [-0.39, 0.29) is 11.6 Å². The second kappa shape index (κ2) is 5.34. The van der Waals surface area contributed by atoms with Crippen molar-refractivity contribution in [3.63, 3.8) is 0 Å². The van der Waals surface area contributed by atoms with E-state index in [9.17, 15) is 4.79 Å². The fourth-order valence-corrected chi connectivity index (χ4v) is 1.45. The quantitative estimate of drug-likeness (QED) is 0.710. The standard InChI is InChI=1S/C11H17N3O2/c1-3-8(4-2)14-10-9(11(15)16)5-7(12)6-13-10/h5-6,8H,3-4,12H2,1-2H3,(H,13,14)(H,15,16). The number of carbonyl (C=O) groups is 1. The van der Waals surface area contributed by atoms with Crippen molar-refractivity contribution in [1.82, 2.24) is 4.98 Å². The molecule has 0 fully saturated rings. The third kappa shape index (κ3) is 2.85. The topological polar surface area (TPSA) is 88.2 Å². The van der Waals surface area contributed by atoms with Crippen LogP contribution in [0.25, 0.3) is 0 Å². The normalized spacial score (nSPS) is 10.4. The highest BCUT2D eigenvalue weighted by molar-refractivity contribution is 5.94. The van der Waals surface area contributed by atoms with E-state index in [4.69, 9.17) is 10.8 Å². The summed E-state index contributed by atoms with van der Waals surface area (Å²) in [5, 5.41) is 12.1. The summed E-state index contributed by atoms with van der Waals surface area (Å²) in [5.74, 6) is -0.636. The minimum atomic E-state index is -1.02. The number of carboxylic acids is 1. The van der Waals surface area contributed by atoms with Crippen LogP contribution in [0.2, 0.25) is 0 Å². The summed E-state index contributed by atoms with van der Waals surface area (Å²) in [4.78, 5) is 15.0. The van der Waals surface area contributed by atoms with E-state index in [0.29, 0.717) is 11.5 Å². The second-order valence-electron chi connectivity index (χ2n) is 3.63. The summed E-state index contributed by atoms with van der Waals surface area (Å²) in [5.41, 5.74) is 5.98. The van der Waals surface area contributed by atoms with Crippen LogP contribution >= 0.6 is 0 Å². The zero-order valence-electron chi connectivity index (χ0n) is 9.53. The zero-order valence-corrected chi connectivity index (χ0v) is 9.53. The number of nitrogen functional groups attached to an aromatic ring is 1. The fraction of sp³-hybridized carbons (Fsp3) is 0.455. The number of anilines is 2. The predicted octanol–water partition coefficient (Wildman–Crippen LogP) is 1.96.